The van der Waals surface area contributed by atoms with Gasteiger partial charge in [-0.3, -0.25) is 9.20 Å². The number of imidazole rings is 1. The molecule has 0 unspecified atom stereocenters. The maximum atomic E-state index is 13.6. The average Bonchev–Trinajstić information content (AvgIpc) is 3.25. The van der Waals surface area contributed by atoms with Crippen LogP contribution in [0.15, 0.2) is 54.0 Å². The summed E-state index contributed by atoms with van der Waals surface area (Å²) in [7, 11) is 0. The number of nitrogens with zero attached hydrogens (tertiary/aromatic N) is 2. The number of benzene rings is 2. The van der Waals surface area contributed by atoms with Crippen molar-refractivity contribution in [2.75, 3.05) is 0 Å². The Morgan fingerprint density at radius 2 is 1.96 bits per heavy atom. The molecule has 0 aliphatic heterocycles. The van der Waals surface area contributed by atoms with Crippen LogP contribution in [0.3, 0.4) is 0 Å². The Morgan fingerprint density at radius 1 is 1.18 bits per heavy atom. The molecule has 1 N–H and O–H groups in total. The van der Waals surface area contributed by atoms with Crippen molar-refractivity contribution in [3.05, 3.63) is 82.5 Å². The second-order valence-corrected chi connectivity index (χ2v) is 7.39. The van der Waals surface area contributed by atoms with E-state index in [0.29, 0.717) is 11.1 Å². The lowest BCUT2D eigenvalue weighted by Crippen LogP contribution is -2.25. The molecular formula is C21H17F2N3OS. The van der Waals surface area contributed by atoms with Gasteiger partial charge in [0.2, 0.25) is 5.91 Å². The van der Waals surface area contributed by atoms with Crippen LogP contribution in [0.5, 0.6) is 0 Å². The second-order valence-electron chi connectivity index (χ2n) is 6.55. The molecule has 2 heterocycles. The van der Waals surface area contributed by atoms with Crippen LogP contribution in [-0.2, 0) is 17.8 Å². The summed E-state index contributed by atoms with van der Waals surface area (Å²) in [6.07, 6.45) is 2.03. The lowest BCUT2D eigenvalue weighted by Gasteiger charge is -2.06. The number of nitrogens with one attached hydrogen (secondary N) is 1. The van der Waals surface area contributed by atoms with Crippen LogP contribution in [0.25, 0.3) is 16.2 Å². The molecule has 4 nitrogen and oxygen atoms in total. The Labute approximate surface area is 164 Å². The van der Waals surface area contributed by atoms with E-state index in [1.807, 2.05) is 16.0 Å². The summed E-state index contributed by atoms with van der Waals surface area (Å²) >= 11 is 1.44. The van der Waals surface area contributed by atoms with Crippen LogP contribution in [-0.4, -0.2) is 15.3 Å². The highest BCUT2D eigenvalue weighted by atomic mass is 32.1. The number of hydrogen-bond acceptors (Lipinski definition) is 3. The van der Waals surface area contributed by atoms with Crippen LogP contribution in [0.4, 0.5) is 8.78 Å². The fourth-order valence-electron chi connectivity index (χ4n) is 2.89. The number of rotatable bonds is 5. The van der Waals surface area contributed by atoms with E-state index in [-0.39, 0.29) is 30.5 Å². The lowest BCUT2D eigenvalue weighted by molar-refractivity contribution is -0.120. The monoisotopic (exact) mass is 397 g/mol. The minimum Gasteiger partial charge on any atom is -0.352 e. The number of aryl methyl sites for hydroxylation is 1. The zero-order valence-electron chi connectivity index (χ0n) is 15.1. The summed E-state index contributed by atoms with van der Waals surface area (Å²) in [6.45, 7) is 1.97. The number of aromatic nitrogens is 2. The maximum absolute atomic E-state index is 13.6. The molecule has 0 atom stereocenters. The SMILES string of the molecule is Cc1ccc(CNC(=O)Cc2csc3nc(-c4ccc(F)cc4)cn23)cc1F. The summed E-state index contributed by atoms with van der Waals surface area (Å²) in [5, 5.41) is 4.71. The van der Waals surface area contributed by atoms with Gasteiger partial charge in [-0.2, -0.15) is 0 Å². The smallest absolute Gasteiger partial charge is 0.226 e. The Hall–Kier alpha value is -3.06. The molecule has 0 saturated carbocycles. The van der Waals surface area contributed by atoms with Crippen molar-refractivity contribution in [1.29, 1.82) is 0 Å². The molecule has 4 aromatic rings. The molecule has 0 radical (unpaired) electrons. The third-order valence-corrected chi connectivity index (χ3v) is 5.38. The molecule has 2 aromatic carbocycles. The highest BCUT2D eigenvalue weighted by Gasteiger charge is 2.13. The molecular weight excluding hydrogens is 380 g/mol. The molecule has 4 rings (SSSR count). The lowest BCUT2D eigenvalue weighted by atomic mass is 10.1. The number of thiazole rings is 1. The normalized spacial score (nSPS) is 11.1. The third kappa shape index (κ3) is 3.80. The molecule has 7 heteroatoms. The number of carbonyl (C=O) groups is 1. The van der Waals surface area contributed by atoms with E-state index in [1.165, 1.54) is 29.5 Å². The first kappa shape index (κ1) is 18.3. The average molecular weight is 397 g/mol. The number of amides is 1. The Bertz CT molecular complexity index is 1150. The predicted molar refractivity (Wildman–Crippen MR) is 105 cm³/mol. The van der Waals surface area contributed by atoms with Gasteiger partial charge in [0.25, 0.3) is 0 Å². The number of fused-ring (bicyclic) bond motifs is 1. The minimum atomic E-state index is -0.296. The fraction of sp³-hybridized carbons (Fsp3) is 0.143. The number of hydrogen-bond donors (Lipinski definition) is 1. The molecule has 142 valence electrons. The van der Waals surface area contributed by atoms with Crippen LogP contribution >= 0.6 is 11.3 Å². The van der Waals surface area contributed by atoms with Gasteiger partial charge >= 0.3 is 0 Å². The Kier molecular flexibility index (Phi) is 4.92. The van der Waals surface area contributed by atoms with Gasteiger partial charge < -0.3 is 5.32 Å². The van der Waals surface area contributed by atoms with Gasteiger partial charge in [-0.25, -0.2) is 13.8 Å². The van der Waals surface area contributed by atoms with Gasteiger partial charge in [0.1, 0.15) is 11.6 Å². The van der Waals surface area contributed by atoms with Crippen molar-refractivity contribution in [1.82, 2.24) is 14.7 Å². The molecule has 1 amide bonds. The first-order valence-electron chi connectivity index (χ1n) is 8.73. The maximum Gasteiger partial charge on any atom is 0.226 e. The van der Waals surface area contributed by atoms with Crippen molar-refractivity contribution in [3.63, 3.8) is 0 Å². The van der Waals surface area contributed by atoms with Crippen molar-refractivity contribution in [2.24, 2.45) is 0 Å². The van der Waals surface area contributed by atoms with E-state index in [2.05, 4.69) is 10.3 Å². The topological polar surface area (TPSA) is 46.4 Å². The van der Waals surface area contributed by atoms with Crippen molar-refractivity contribution in [3.8, 4) is 11.3 Å². The van der Waals surface area contributed by atoms with Crippen LogP contribution in [0.2, 0.25) is 0 Å². The fourth-order valence-corrected chi connectivity index (χ4v) is 3.76. The van der Waals surface area contributed by atoms with E-state index >= 15 is 0 Å². The molecule has 0 fully saturated rings. The van der Waals surface area contributed by atoms with Gasteiger partial charge in [0.05, 0.1) is 12.1 Å². The van der Waals surface area contributed by atoms with Crippen molar-refractivity contribution >= 4 is 22.2 Å². The van der Waals surface area contributed by atoms with Gasteiger partial charge in [-0.05, 0) is 48.4 Å². The largest absolute Gasteiger partial charge is 0.352 e. The van der Waals surface area contributed by atoms with Gasteiger partial charge in [0, 0.05) is 29.4 Å². The number of halogens is 2. The molecule has 0 aliphatic carbocycles. The van der Waals surface area contributed by atoms with E-state index in [4.69, 9.17) is 0 Å². The summed E-state index contributed by atoms with van der Waals surface area (Å²) in [4.78, 5) is 17.6. The van der Waals surface area contributed by atoms with Gasteiger partial charge in [-0.1, -0.05) is 12.1 Å². The molecule has 0 spiro atoms. The molecule has 0 saturated heterocycles. The van der Waals surface area contributed by atoms with E-state index in [1.54, 1.807) is 31.2 Å². The van der Waals surface area contributed by atoms with Gasteiger partial charge in [-0.15, -0.1) is 11.3 Å². The van der Waals surface area contributed by atoms with Crippen LogP contribution in [0, 0.1) is 18.6 Å². The quantitative estimate of drug-likeness (QED) is 0.539. The molecule has 0 bridgehead atoms. The first-order chi connectivity index (χ1) is 13.5. The zero-order valence-corrected chi connectivity index (χ0v) is 15.9. The molecule has 0 aliphatic rings. The highest BCUT2D eigenvalue weighted by molar-refractivity contribution is 7.15. The Balaban J connectivity index is 1.46. The number of carbonyl (C=O) groups excluding carboxylic acids is 1. The third-order valence-electron chi connectivity index (χ3n) is 4.49. The van der Waals surface area contributed by atoms with E-state index in [9.17, 15) is 13.6 Å². The van der Waals surface area contributed by atoms with E-state index < -0.39 is 0 Å². The highest BCUT2D eigenvalue weighted by Crippen LogP contribution is 2.24. The summed E-state index contributed by atoms with van der Waals surface area (Å²) in [6, 6.07) is 11.1. The Morgan fingerprint density at radius 3 is 2.71 bits per heavy atom. The minimum absolute atomic E-state index is 0.155. The first-order valence-corrected chi connectivity index (χ1v) is 9.61. The second kappa shape index (κ2) is 7.52. The standard InChI is InChI=1S/C21H17F2N3OS/c1-13-2-3-14(8-18(13)23)10-24-20(27)9-17-12-28-21-25-19(11-26(17)21)15-4-6-16(22)7-5-15/h2-8,11-12H,9-10H2,1H3,(H,24,27). The van der Waals surface area contributed by atoms with E-state index in [0.717, 1.165) is 21.9 Å². The zero-order chi connectivity index (χ0) is 19.7. The van der Waals surface area contributed by atoms with Crippen LogP contribution in [0.1, 0.15) is 16.8 Å². The van der Waals surface area contributed by atoms with Crippen LogP contribution < -0.4 is 5.32 Å². The summed E-state index contributed by atoms with van der Waals surface area (Å²) in [5.41, 5.74) is 3.65. The predicted octanol–water partition coefficient (Wildman–Crippen LogP) is 4.51. The molecule has 2 aromatic heterocycles. The molecule has 28 heavy (non-hydrogen) atoms. The van der Waals surface area contributed by atoms with Crippen molar-refractivity contribution < 1.29 is 13.6 Å². The summed E-state index contributed by atoms with van der Waals surface area (Å²) in [5.74, 6) is -0.730. The van der Waals surface area contributed by atoms with Gasteiger partial charge in [0.15, 0.2) is 4.96 Å². The summed E-state index contributed by atoms with van der Waals surface area (Å²) < 4.78 is 28.6. The van der Waals surface area contributed by atoms with Crippen molar-refractivity contribution in [2.45, 2.75) is 19.9 Å².